The van der Waals surface area contributed by atoms with Gasteiger partial charge in [0.2, 0.25) is 0 Å². The van der Waals surface area contributed by atoms with Crippen molar-refractivity contribution in [3.05, 3.63) is 34.1 Å². The molecule has 0 unspecified atom stereocenters. The molecule has 1 aromatic rings. The molecule has 0 aliphatic heterocycles. The Balaban J connectivity index is 3.13. The van der Waals surface area contributed by atoms with E-state index in [1.165, 1.54) is 13.1 Å². The summed E-state index contributed by atoms with van der Waals surface area (Å²) in [5, 5.41) is 17.4. The van der Waals surface area contributed by atoms with Crippen molar-refractivity contribution >= 4 is 17.3 Å². The maximum absolute atomic E-state index is 13.3. The summed E-state index contributed by atoms with van der Waals surface area (Å²) in [6.45, 7) is 0. The number of guanidine groups is 1. The van der Waals surface area contributed by atoms with Gasteiger partial charge in [0.15, 0.2) is 11.8 Å². The number of nitrogens with one attached hydrogen (secondary N) is 1. The Kier molecular flexibility index (Phi) is 2.84. The fourth-order valence-electron chi connectivity index (χ4n) is 1.01. The molecule has 7 heteroatoms. The highest BCUT2D eigenvalue weighted by molar-refractivity contribution is 5.92. The van der Waals surface area contributed by atoms with Crippen molar-refractivity contribution in [1.82, 2.24) is 0 Å². The third kappa shape index (κ3) is 2.19. The number of halogens is 1. The molecule has 0 saturated heterocycles. The normalized spacial score (nSPS) is 9.73. The Morgan fingerprint density at radius 2 is 2.27 bits per heavy atom. The number of rotatable bonds is 2. The molecule has 0 spiro atoms. The number of non-ortho nitro benzene ring substituents is 1. The van der Waals surface area contributed by atoms with Crippen LogP contribution in [-0.4, -0.2) is 17.9 Å². The van der Waals surface area contributed by atoms with Crippen LogP contribution in [0.5, 0.6) is 0 Å². The minimum atomic E-state index is -0.790. The number of nitro benzene ring substituents is 1. The second kappa shape index (κ2) is 3.91. The van der Waals surface area contributed by atoms with Gasteiger partial charge in [0, 0.05) is 13.1 Å². The molecule has 0 fully saturated rings. The summed E-state index contributed by atoms with van der Waals surface area (Å²) < 4.78 is 13.3. The van der Waals surface area contributed by atoms with Gasteiger partial charge < -0.3 is 10.6 Å². The van der Waals surface area contributed by atoms with Crippen molar-refractivity contribution in [2.45, 2.75) is 0 Å². The van der Waals surface area contributed by atoms with E-state index in [9.17, 15) is 14.5 Å². The first-order valence-corrected chi connectivity index (χ1v) is 3.95. The van der Waals surface area contributed by atoms with Crippen LogP contribution < -0.4 is 10.6 Å². The Morgan fingerprint density at radius 3 is 2.67 bits per heavy atom. The van der Waals surface area contributed by atoms with Crippen LogP contribution in [-0.2, 0) is 0 Å². The molecule has 0 saturated carbocycles. The van der Waals surface area contributed by atoms with Crippen molar-refractivity contribution in [2.24, 2.45) is 5.73 Å². The lowest BCUT2D eigenvalue weighted by atomic mass is 10.2. The molecule has 80 valence electrons. The number of nitrogens with zero attached hydrogens (tertiary/aromatic N) is 2. The van der Waals surface area contributed by atoms with Gasteiger partial charge in [-0.25, -0.2) is 4.39 Å². The molecule has 1 aromatic carbocycles. The number of hydrogen-bond acceptors (Lipinski definition) is 3. The lowest BCUT2D eigenvalue weighted by Gasteiger charge is -2.16. The van der Waals surface area contributed by atoms with Crippen LogP contribution in [0.1, 0.15) is 0 Å². The van der Waals surface area contributed by atoms with Crippen LogP contribution >= 0.6 is 0 Å². The predicted octanol–water partition coefficient (Wildman–Crippen LogP) is 1.06. The highest BCUT2D eigenvalue weighted by Gasteiger charge is 2.14. The van der Waals surface area contributed by atoms with Gasteiger partial charge in [-0.3, -0.25) is 15.5 Å². The second-order valence-electron chi connectivity index (χ2n) is 2.84. The average molecular weight is 212 g/mol. The molecule has 0 amide bonds. The highest BCUT2D eigenvalue weighted by Crippen LogP contribution is 2.22. The number of nitro groups is 1. The molecule has 0 aliphatic carbocycles. The van der Waals surface area contributed by atoms with Crippen LogP contribution in [0.2, 0.25) is 0 Å². The molecule has 0 bridgehead atoms. The first kappa shape index (κ1) is 10.9. The van der Waals surface area contributed by atoms with E-state index in [1.54, 1.807) is 0 Å². The molecule has 6 nitrogen and oxygen atoms in total. The van der Waals surface area contributed by atoms with Crippen molar-refractivity contribution in [1.29, 1.82) is 5.41 Å². The van der Waals surface area contributed by atoms with Gasteiger partial charge in [0.1, 0.15) is 0 Å². The SMILES string of the molecule is CN(C(=N)N)c1ccc([N+](=O)[O-])cc1F. The van der Waals surface area contributed by atoms with E-state index in [0.717, 1.165) is 17.0 Å². The maximum atomic E-state index is 13.3. The van der Waals surface area contributed by atoms with Gasteiger partial charge in [-0.05, 0) is 6.07 Å². The third-order valence-corrected chi connectivity index (χ3v) is 1.86. The summed E-state index contributed by atoms with van der Waals surface area (Å²) in [5.41, 5.74) is 4.83. The predicted molar refractivity (Wildman–Crippen MR) is 53.4 cm³/mol. The van der Waals surface area contributed by atoms with Gasteiger partial charge in [-0.15, -0.1) is 0 Å². The molecular weight excluding hydrogens is 203 g/mol. The maximum Gasteiger partial charge on any atom is 0.272 e. The molecule has 0 aromatic heterocycles. The Morgan fingerprint density at radius 1 is 1.67 bits per heavy atom. The van der Waals surface area contributed by atoms with Crippen LogP contribution in [0.15, 0.2) is 18.2 Å². The van der Waals surface area contributed by atoms with Crippen LogP contribution in [0, 0.1) is 21.3 Å². The lowest BCUT2D eigenvalue weighted by molar-refractivity contribution is -0.385. The summed E-state index contributed by atoms with van der Waals surface area (Å²) in [6, 6.07) is 3.14. The van der Waals surface area contributed by atoms with E-state index in [0.29, 0.717) is 0 Å². The molecule has 1 rings (SSSR count). The standard InChI is InChI=1S/C8H9FN4O2/c1-12(8(10)11)7-3-2-5(13(14)15)4-6(7)9/h2-4H,1H3,(H3,10,11). The summed E-state index contributed by atoms with van der Waals surface area (Å²) in [4.78, 5) is 10.7. The van der Waals surface area contributed by atoms with E-state index >= 15 is 0 Å². The van der Waals surface area contributed by atoms with E-state index in [4.69, 9.17) is 11.1 Å². The fourth-order valence-corrected chi connectivity index (χ4v) is 1.01. The zero-order valence-electron chi connectivity index (χ0n) is 7.90. The van der Waals surface area contributed by atoms with Crippen LogP contribution in [0.25, 0.3) is 0 Å². The summed E-state index contributed by atoms with van der Waals surface area (Å²) >= 11 is 0. The number of hydrogen-bond donors (Lipinski definition) is 2. The smallest absolute Gasteiger partial charge is 0.272 e. The monoisotopic (exact) mass is 212 g/mol. The molecule has 3 N–H and O–H groups in total. The quantitative estimate of drug-likeness (QED) is 0.331. The number of nitrogens with two attached hydrogens (primary N) is 1. The van der Waals surface area contributed by atoms with Gasteiger partial charge >= 0.3 is 0 Å². The molecular formula is C8H9FN4O2. The minimum Gasteiger partial charge on any atom is -0.370 e. The van der Waals surface area contributed by atoms with Gasteiger partial charge in [0.25, 0.3) is 5.69 Å². The molecule has 0 atom stereocenters. The average Bonchev–Trinajstić information content (AvgIpc) is 2.16. The summed E-state index contributed by atoms with van der Waals surface area (Å²) in [5.74, 6) is -1.13. The van der Waals surface area contributed by atoms with Crippen molar-refractivity contribution in [2.75, 3.05) is 11.9 Å². The van der Waals surface area contributed by atoms with Crippen molar-refractivity contribution in [3.63, 3.8) is 0 Å². The third-order valence-electron chi connectivity index (χ3n) is 1.86. The number of anilines is 1. The Labute approximate surface area is 84.8 Å². The summed E-state index contributed by atoms with van der Waals surface area (Å²) in [7, 11) is 1.40. The van der Waals surface area contributed by atoms with Crippen LogP contribution in [0.3, 0.4) is 0 Å². The zero-order chi connectivity index (χ0) is 11.6. The minimum absolute atomic E-state index is 0.0214. The molecule has 0 radical (unpaired) electrons. The first-order valence-electron chi connectivity index (χ1n) is 3.95. The first-order chi connectivity index (χ1) is 6.93. The Bertz CT molecular complexity index is 421. The zero-order valence-corrected chi connectivity index (χ0v) is 7.90. The van der Waals surface area contributed by atoms with Gasteiger partial charge in [-0.2, -0.15) is 0 Å². The molecule has 15 heavy (non-hydrogen) atoms. The fraction of sp³-hybridized carbons (Fsp3) is 0.125. The van der Waals surface area contributed by atoms with E-state index in [-0.39, 0.29) is 17.3 Å². The van der Waals surface area contributed by atoms with E-state index < -0.39 is 10.7 Å². The largest absolute Gasteiger partial charge is 0.370 e. The lowest BCUT2D eigenvalue weighted by Crippen LogP contribution is -2.33. The van der Waals surface area contributed by atoms with Crippen molar-refractivity contribution in [3.8, 4) is 0 Å². The van der Waals surface area contributed by atoms with Gasteiger partial charge in [-0.1, -0.05) is 0 Å². The van der Waals surface area contributed by atoms with Gasteiger partial charge in [0.05, 0.1) is 16.7 Å². The van der Waals surface area contributed by atoms with E-state index in [1.807, 2.05) is 0 Å². The van der Waals surface area contributed by atoms with E-state index in [2.05, 4.69) is 0 Å². The Hall–Kier alpha value is -2.18. The second-order valence-corrected chi connectivity index (χ2v) is 2.84. The van der Waals surface area contributed by atoms with Crippen LogP contribution in [0.4, 0.5) is 15.8 Å². The summed E-state index contributed by atoms with van der Waals surface area (Å²) in [6.07, 6.45) is 0. The topological polar surface area (TPSA) is 96.2 Å². The molecule has 0 heterocycles. The van der Waals surface area contributed by atoms with Crippen molar-refractivity contribution < 1.29 is 9.31 Å². The highest BCUT2D eigenvalue weighted by atomic mass is 19.1. The number of benzene rings is 1. The molecule has 0 aliphatic rings.